The molecule has 0 unspecified atom stereocenters. The van der Waals surface area contributed by atoms with Gasteiger partial charge in [-0.1, -0.05) is 64.5 Å². The molecule has 3 aromatic carbocycles. The van der Waals surface area contributed by atoms with Gasteiger partial charge < -0.3 is 9.47 Å². The van der Waals surface area contributed by atoms with E-state index in [1.165, 1.54) is 4.90 Å². The van der Waals surface area contributed by atoms with E-state index in [-0.39, 0.29) is 17.7 Å². The number of rotatable bonds is 7. The molecule has 32 heavy (non-hydrogen) atoms. The summed E-state index contributed by atoms with van der Waals surface area (Å²) in [6.45, 7) is 0.633. The Labute approximate surface area is 199 Å². The van der Waals surface area contributed by atoms with Gasteiger partial charge in [0.05, 0.1) is 18.6 Å². The van der Waals surface area contributed by atoms with E-state index in [0.29, 0.717) is 23.0 Å². The van der Waals surface area contributed by atoms with Crippen LogP contribution in [0.3, 0.4) is 0 Å². The molecule has 0 saturated carbocycles. The Bertz CT molecular complexity index is 1160. The first-order chi connectivity index (χ1) is 15.5. The predicted molar refractivity (Wildman–Crippen MR) is 129 cm³/mol. The van der Waals surface area contributed by atoms with Gasteiger partial charge in [0, 0.05) is 4.47 Å². The predicted octanol–water partition coefficient (Wildman–Crippen LogP) is 6.27. The van der Waals surface area contributed by atoms with Crippen molar-refractivity contribution in [3.63, 3.8) is 0 Å². The number of hydrogen-bond donors (Lipinski definition) is 0. The van der Waals surface area contributed by atoms with Gasteiger partial charge in [0.15, 0.2) is 11.5 Å². The normalized spacial score (nSPS) is 14.8. The first-order valence-electron chi connectivity index (χ1n) is 9.88. The zero-order valence-electron chi connectivity index (χ0n) is 17.3. The summed E-state index contributed by atoms with van der Waals surface area (Å²) < 4.78 is 12.3. The molecule has 1 heterocycles. The third kappa shape index (κ3) is 5.23. The number of amides is 2. The lowest BCUT2D eigenvalue weighted by atomic mass is 10.1. The topological polar surface area (TPSA) is 55.8 Å². The van der Waals surface area contributed by atoms with E-state index in [0.717, 1.165) is 32.9 Å². The van der Waals surface area contributed by atoms with E-state index in [1.54, 1.807) is 19.3 Å². The Morgan fingerprint density at radius 2 is 1.69 bits per heavy atom. The molecule has 162 valence electrons. The zero-order valence-corrected chi connectivity index (χ0v) is 19.7. The van der Waals surface area contributed by atoms with Crippen LogP contribution in [0.1, 0.15) is 16.7 Å². The van der Waals surface area contributed by atoms with E-state index in [4.69, 9.17) is 9.47 Å². The molecule has 7 heteroatoms. The van der Waals surface area contributed by atoms with Gasteiger partial charge in [-0.2, -0.15) is 0 Å². The first kappa shape index (κ1) is 22.2. The molecule has 5 nitrogen and oxygen atoms in total. The monoisotopic (exact) mass is 509 g/mol. The number of ether oxygens (including phenoxy) is 2. The van der Waals surface area contributed by atoms with Crippen molar-refractivity contribution in [2.24, 2.45) is 0 Å². The van der Waals surface area contributed by atoms with Crippen molar-refractivity contribution in [1.82, 2.24) is 4.90 Å². The summed E-state index contributed by atoms with van der Waals surface area (Å²) in [5.41, 5.74) is 2.68. The van der Waals surface area contributed by atoms with E-state index in [1.807, 2.05) is 66.7 Å². The van der Waals surface area contributed by atoms with Crippen LogP contribution in [0, 0.1) is 0 Å². The van der Waals surface area contributed by atoms with Gasteiger partial charge in [-0.15, -0.1) is 0 Å². The molecular formula is C25H20BrNO4S. The van der Waals surface area contributed by atoms with Crippen LogP contribution >= 0.6 is 27.7 Å². The van der Waals surface area contributed by atoms with E-state index in [2.05, 4.69) is 15.9 Å². The maximum Gasteiger partial charge on any atom is 0.293 e. The molecular weight excluding hydrogens is 490 g/mol. The summed E-state index contributed by atoms with van der Waals surface area (Å²) in [4.78, 5) is 27.0. The smallest absolute Gasteiger partial charge is 0.293 e. The maximum atomic E-state index is 12.9. The summed E-state index contributed by atoms with van der Waals surface area (Å²) in [5, 5.41) is -0.279. The molecule has 2 amide bonds. The minimum Gasteiger partial charge on any atom is -0.493 e. The van der Waals surface area contributed by atoms with Crippen molar-refractivity contribution in [3.05, 3.63) is 98.9 Å². The second-order valence-corrected chi connectivity index (χ2v) is 8.99. The fourth-order valence-electron chi connectivity index (χ4n) is 3.19. The molecule has 1 fully saturated rings. The summed E-state index contributed by atoms with van der Waals surface area (Å²) in [7, 11) is 1.58. The Balaban J connectivity index is 1.51. The zero-order chi connectivity index (χ0) is 22.5. The lowest BCUT2D eigenvalue weighted by molar-refractivity contribution is -0.123. The lowest BCUT2D eigenvalue weighted by Gasteiger charge is -2.13. The largest absolute Gasteiger partial charge is 0.493 e. The number of carbonyl (C=O) groups excluding carboxylic acids is 2. The van der Waals surface area contributed by atoms with Crippen LogP contribution in [0.15, 0.2) is 82.2 Å². The van der Waals surface area contributed by atoms with E-state index in [9.17, 15) is 9.59 Å². The van der Waals surface area contributed by atoms with Gasteiger partial charge >= 0.3 is 0 Å². The number of halogens is 1. The maximum absolute atomic E-state index is 12.9. The Morgan fingerprint density at radius 3 is 2.41 bits per heavy atom. The first-order valence-corrected chi connectivity index (χ1v) is 11.5. The van der Waals surface area contributed by atoms with Crippen LogP contribution < -0.4 is 9.47 Å². The third-order valence-corrected chi connectivity index (χ3v) is 6.29. The van der Waals surface area contributed by atoms with Crippen molar-refractivity contribution < 1.29 is 19.1 Å². The summed E-state index contributed by atoms with van der Waals surface area (Å²) in [6, 6.07) is 22.8. The number of methoxy groups -OCH3 is 1. The summed E-state index contributed by atoms with van der Waals surface area (Å²) in [5.74, 6) is 0.867. The molecule has 1 saturated heterocycles. The highest BCUT2D eigenvalue weighted by Crippen LogP contribution is 2.35. The number of imide groups is 1. The van der Waals surface area contributed by atoms with Gasteiger partial charge in [-0.05, 0) is 58.8 Å². The minimum atomic E-state index is -0.300. The highest BCUT2D eigenvalue weighted by atomic mass is 79.9. The van der Waals surface area contributed by atoms with Crippen molar-refractivity contribution in [2.75, 3.05) is 7.11 Å². The quantitative estimate of drug-likeness (QED) is 0.351. The van der Waals surface area contributed by atoms with Crippen LogP contribution in [0.4, 0.5) is 4.79 Å². The number of nitrogens with zero attached hydrogens (tertiary/aromatic N) is 1. The molecule has 0 atom stereocenters. The van der Waals surface area contributed by atoms with E-state index < -0.39 is 0 Å². The molecule has 0 N–H and O–H groups in total. The molecule has 0 spiro atoms. The van der Waals surface area contributed by atoms with Crippen molar-refractivity contribution in [2.45, 2.75) is 13.2 Å². The highest BCUT2D eigenvalue weighted by molar-refractivity contribution is 9.10. The van der Waals surface area contributed by atoms with Gasteiger partial charge in [-0.3, -0.25) is 14.5 Å². The average Bonchev–Trinajstić information content (AvgIpc) is 3.07. The van der Waals surface area contributed by atoms with Crippen LogP contribution in [0.5, 0.6) is 11.5 Å². The fraction of sp³-hybridized carbons (Fsp3) is 0.120. The summed E-state index contributed by atoms with van der Waals surface area (Å²) >= 11 is 4.33. The van der Waals surface area contributed by atoms with Crippen LogP contribution in [-0.4, -0.2) is 23.2 Å². The van der Waals surface area contributed by atoms with Crippen molar-refractivity contribution >= 4 is 44.9 Å². The molecule has 0 radical (unpaired) electrons. The second-order valence-electron chi connectivity index (χ2n) is 7.08. The third-order valence-electron chi connectivity index (χ3n) is 4.85. The molecule has 0 bridgehead atoms. The minimum absolute atomic E-state index is 0.239. The summed E-state index contributed by atoms with van der Waals surface area (Å²) in [6.07, 6.45) is 1.71. The van der Waals surface area contributed by atoms with Crippen molar-refractivity contribution in [1.29, 1.82) is 0 Å². The number of thioether (sulfide) groups is 1. The fourth-order valence-corrected chi connectivity index (χ4v) is 4.29. The van der Waals surface area contributed by atoms with Crippen LogP contribution in [0.2, 0.25) is 0 Å². The van der Waals surface area contributed by atoms with E-state index >= 15 is 0 Å². The Morgan fingerprint density at radius 1 is 0.938 bits per heavy atom. The standard InChI is InChI=1S/C25H20BrNO4S/c1-30-21-12-9-19(13-22(21)31-16-18-5-3-2-4-6-18)14-23-24(28)27(25(29)32-23)15-17-7-10-20(26)11-8-17/h2-14H,15-16H2,1H3/b23-14-. The molecule has 3 aromatic rings. The van der Waals surface area contributed by atoms with Crippen LogP contribution in [-0.2, 0) is 17.9 Å². The molecule has 1 aliphatic heterocycles. The number of hydrogen-bond acceptors (Lipinski definition) is 5. The average molecular weight is 510 g/mol. The molecule has 0 aliphatic carbocycles. The Hall–Kier alpha value is -3.03. The molecule has 1 aliphatic rings. The highest BCUT2D eigenvalue weighted by Gasteiger charge is 2.35. The SMILES string of the molecule is COc1ccc(/C=C2\SC(=O)N(Cc3ccc(Br)cc3)C2=O)cc1OCc1ccccc1. The Kier molecular flexibility index (Phi) is 6.97. The number of carbonyl (C=O) groups is 2. The number of benzene rings is 3. The van der Waals surface area contributed by atoms with Gasteiger partial charge in [0.2, 0.25) is 0 Å². The van der Waals surface area contributed by atoms with Crippen molar-refractivity contribution in [3.8, 4) is 11.5 Å². The van der Waals surface area contributed by atoms with Gasteiger partial charge in [0.1, 0.15) is 6.61 Å². The lowest BCUT2D eigenvalue weighted by Crippen LogP contribution is -2.27. The molecule has 0 aromatic heterocycles. The van der Waals surface area contributed by atoms with Gasteiger partial charge in [0.25, 0.3) is 11.1 Å². The van der Waals surface area contributed by atoms with Crippen LogP contribution in [0.25, 0.3) is 6.08 Å². The molecule has 4 rings (SSSR count). The second kappa shape index (κ2) is 10.1. The van der Waals surface area contributed by atoms with Gasteiger partial charge in [-0.25, -0.2) is 0 Å².